The maximum atomic E-state index is 12.9. The third-order valence-electron chi connectivity index (χ3n) is 2.82. The Bertz CT molecular complexity index is 400. The molecule has 2 rings (SSSR count). The van der Waals surface area contributed by atoms with E-state index in [-0.39, 0.29) is 23.6 Å². The lowest BCUT2D eigenvalue weighted by molar-refractivity contribution is 0.0942. The fourth-order valence-electron chi connectivity index (χ4n) is 1.96. The van der Waals surface area contributed by atoms with Crippen LogP contribution in [0.15, 0.2) is 18.2 Å². The predicted octanol–water partition coefficient (Wildman–Crippen LogP) is 1.81. The molecule has 4 heteroatoms. The molecule has 0 radical (unpaired) electrons. The number of benzene rings is 1. The van der Waals surface area contributed by atoms with Crippen molar-refractivity contribution in [3.05, 3.63) is 29.6 Å². The normalized spacial score (nSPS) is 16.6. The van der Waals surface area contributed by atoms with E-state index in [2.05, 4.69) is 0 Å². The van der Waals surface area contributed by atoms with Crippen molar-refractivity contribution in [2.24, 2.45) is 0 Å². The van der Waals surface area contributed by atoms with E-state index in [4.69, 9.17) is 0 Å². The van der Waals surface area contributed by atoms with E-state index in [1.807, 2.05) is 4.90 Å². The van der Waals surface area contributed by atoms with Crippen LogP contribution in [0.3, 0.4) is 0 Å². The summed E-state index contributed by atoms with van der Waals surface area (Å²) < 4.78 is 12.9. The summed E-state index contributed by atoms with van der Waals surface area (Å²) in [5.74, 6) is -0.868. The molecule has 1 aliphatic heterocycles. The monoisotopic (exact) mass is 223 g/mol. The average molecular weight is 223 g/mol. The standard InChI is InChI=1S/C12H14FNO2/c13-9-3-4-11(15)10(7-9)12(16)8-14-5-1-2-6-14/h3-4,7,15H,1-2,5-6,8H2. The number of halogens is 1. The highest BCUT2D eigenvalue weighted by atomic mass is 19.1. The van der Waals surface area contributed by atoms with E-state index >= 15 is 0 Å². The topological polar surface area (TPSA) is 40.5 Å². The van der Waals surface area contributed by atoms with Gasteiger partial charge in [-0.1, -0.05) is 0 Å². The highest BCUT2D eigenvalue weighted by molar-refractivity contribution is 6.00. The van der Waals surface area contributed by atoms with Crippen molar-refractivity contribution in [2.45, 2.75) is 12.8 Å². The zero-order valence-corrected chi connectivity index (χ0v) is 8.95. The molecule has 0 bridgehead atoms. The minimum Gasteiger partial charge on any atom is -0.507 e. The number of Topliss-reactive ketones (excluding diaryl/α,β-unsaturated/α-hetero) is 1. The number of nitrogens with zero attached hydrogens (tertiary/aromatic N) is 1. The highest BCUT2D eigenvalue weighted by Crippen LogP contribution is 2.19. The lowest BCUT2D eigenvalue weighted by atomic mass is 10.1. The number of hydrogen-bond acceptors (Lipinski definition) is 3. The number of phenols is 1. The maximum Gasteiger partial charge on any atom is 0.180 e. The van der Waals surface area contributed by atoms with Crippen molar-refractivity contribution in [3.8, 4) is 5.75 Å². The van der Waals surface area contributed by atoms with Crippen molar-refractivity contribution in [3.63, 3.8) is 0 Å². The Kier molecular flexibility index (Phi) is 3.19. The first kappa shape index (κ1) is 11.1. The molecule has 1 N–H and O–H groups in total. The number of hydrogen-bond donors (Lipinski definition) is 1. The SMILES string of the molecule is O=C(CN1CCCC1)c1cc(F)ccc1O. The summed E-state index contributed by atoms with van der Waals surface area (Å²) in [7, 11) is 0. The number of phenolic OH excluding ortho intramolecular Hbond substituents is 1. The van der Waals surface area contributed by atoms with Gasteiger partial charge in [0.15, 0.2) is 5.78 Å². The van der Waals surface area contributed by atoms with Gasteiger partial charge in [-0.15, -0.1) is 0 Å². The Balaban J connectivity index is 2.10. The van der Waals surface area contributed by atoms with Gasteiger partial charge in [-0.25, -0.2) is 4.39 Å². The number of carbonyl (C=O) groups is 1. The van der Waals surface area contributed by atoms with Crippen LogP contribution >= 0.6 is 0 Å². The third-order valence-corrected chi connectivity index (χ3v) is 2.82. The molecule has 1 aromatic carbocycles. The number of aromatic hydroxyl groups is 1. The van der Waals surface area contributed by atoms with E-state index in [1.165, 1.54) is 6.07 Å². The Morgan fingerprint density at radius 3 is 2.75 bits per heavy atom. The molecule has 3 nitrogen and oxygen atoms in total. The van der Waals surface area contributed by atoms with Crippen LogP contribution in [0.2, 0.25) is 0 Å². The second-order valence-electron chi connectivity index (χ2n) is 4.07. The zero-order chi connectivity index (χ0) is 11.5. The first-order valence-corrected chi connectivity index (χ1v) is 5.41. The van der Waals surface area contributed by atoms with Crippen LogP contribution in [-0.4, -0.2) is 35.4 Å². The first-order chi connectivity index (χ1) is 7.66. The smallest absolute Gasteiger partial charge is 0.180 e. The molecule has 0 unspecified atom stereocenters. The maximum absolute atomic E-state index is 12.9. The molecule has 1 aliphatic rings. The molecule has 0 aromatic heterocycles. The quantitative estimate of drug-likeness (QED) is 0.794. The summed E-state index contributed by atoms with van der Waals surface area (Å²) in [6.07, 6.45) is 2.20. The van der Waals surface area contributed by atoms with Gasteiger partial charge in [0, 0.05) is 0 Å². The van der Waals surface area contributed by atoms with Crippen LogP contribution < -0.4 is 0 Å². The molecule has 1 heterocycles. The molecule has 0 spiro atoms. The van der Waals surface area contributed by atoms with E-state index < -0.39 is 5.82 Å². The second kappa shape index (κ2) is 4.61. The molecular formula is C12H14FNO2. The van der Waals surface area contributed by atoms with Crippen molar-refractivity contribution in [1.82, 2.24) is 4.90 Å². The molecule has 1 aromatic rings. The molecule has 0 saturated carbocycles. The Hall–Kier alpha value is -1.42. The van der Waals surface area contributed by atoms with Gasteiger partial charge in [0.25, 0.3) is 0 Å². The van der Waals surface area contributed by atoms with E-state index in [0.29, 0.717) is 0 Å². The van der Waals surface area contributed by atoms with Gasteiger partial charge in [0.1, 0.15) is 11.6 Å². The van der Waals surface area contributed by atoms with Crippen LogP contribution in [0.25, 0.3) is 0 Å². The summed E-state index contributed by atoms with van der Waals surface area (Å²) in [5, 5.41) is 9.47. The van der Waals surface area contributed by atoms with Gasteiger partial charge in [-0.3, -0.25) is 9.69 Å². The van der Waals surface area contributed by atoms with Crippen LogP contribution in [0.1, 0.15) is 23.2 Å². The molecule has 1 saturated heterocycles. The van der Waals surface area contributed by atoms with Crippen LogP contribution in [0.4, 0.5) is 4.39 Å². The summed E-state index contributed by atoms with van der Waals surface area (Å²) in [6, 6.07) is 3.45. The van der Waals surface area contributed by atoms with Gasteiger partial charge >= 0.3 is 0 Å². The molecular weight excluding hydrogens is 209 g/mol. The zero-order valence-electron chi connectivity index (χ0n) is 8.95. The lowest BCUT2D eigenvalue weighted by Gasteiger charge is -2.13. The highest BCUT2D eigenvalue weighted by Gasteiger charge is 2.18. The minimum absolute atomic E-state index is 0.0758. The lowest BCUT2D eigenvalue weighted by Crippen LogP contribution is -2.26. The van der Waals surface area contributed by atoms with Crippen molar-refractivity contribution < 1.29 is 14.3 Å². The van der Waals surface area contributed by atoms with Gasteiger partial charge in [-0.05, 0) is 44.1 Å². The van der Waals surface area contributed by atoms with Crippen LogP contribution in [0, 0.1) is 5.82 Å². The van der Waals surface area contributed by atoms with Gasteiger partial charge < -0.3 is 5.11 Å². The van der Waals surface area contributed by atoms with Gasteiger partial charge in [0.05, 0.1) is 12.1 Å². The molecule has 0 atom stereocenters. The fourth-order valence-corrected chi connectivity index (χ4v) is 1.96. The number of rotatable bonds is 3. The van der Waals surface area contributed by atoms with Gasteiger partial charge in [-0.2, -0.15) is 0 Å². The molecule has 0 amide bonds. The van der Waals surface area contributed by atoms with Gasteiger partial charge in [0.2, 0.25) is 0 Å². The van der Waals surface area contributed by atoms with E-state index in [0.717, 1.165) is 38.1 Å². The van der Waals surface area contributed by atoms with Crippen LogP contribution in [0.5, 0.6) is 5.75 Å². The van der Waals surface area contributed by atoms with Crippen LogP contribution in [-0.2, 0) is 0 Å². The Morgan fingerprint density at radius 2 is 2.06 bits per heavy atom. The summed E-state index contributed by atoms with van der Waals surface area (Å²) in [6.45, 7) is 2.07. The summed E-state index contributed by atoms with van der Waals surface area (Å²) in [5.41, 5.74) is 0.0758. The summed E-state index contributed by atoms with van der Waals surface area (Å²) in [4.78, 5) is 13.8. The third kappa shape index (κ3) is 2.39. The first-order valence-electron chi connectivity index (χ1n) is 5.41. The number of likely N-dealkylation sites (tertiary alicyclic amines) is 1. The Labute approximate surface area is 93.5 Å². The molecule has 1 fully saturated rings. The summed E-state index contributed by atoms with van der Waals surface area (Å²) >= 11 is 0. The number of carbonyl (C=O) groups excluding carboxylic acids is 1. The van der Waals surface area contributed by atoms with Crippen molar-refractivity contribution in [2.75, 3.05) is 19.6 Å². The molecule has 0 aliphatic carbocycles. The Morgan fingerprint density at radius 1 is 1.38 bits per heavy atom. The van der Waals surface area contributed by atoms with Crippen molar-refractivity contribution in [1.29, 1.82) is 0 Å². The van der Waals surface area contributed by atoms with E-state index in [9.17, 15) is 14.3 Å². The molecule has 16 heavy (non-hydrogen) atoms. The minimum atomic E-state index is -0.498. The van der Waals surface area contributed by atoms with Crippen molar-refractivity contribution >= 4 is 5.78 Å². The predicted molar refractivity (Wildman–Crippen MR) is 58.1 cm³/mol. The number of ketones is 1. The van der Waals surface area contributed by atoms with E-state index in [1.54, 1.807) is 0 Å². The fraction of sp³-hybridized carbons (Fsp3) is 0.417. The second-order valence-corrected chi connectivity index (χ2v) is 4.07. The average Bonchev–Trinajstić information content (AvgIpc) is 2.74. The molecule has 86 valence electrons. The largest absolute Gasteiger partial charge is 0.507 e.